The van der Waals surface area contributed by atoms with Gasteiger partial charge >= 0.3 is 12.1 Å². The number of amides is 2. The lowest BCUT2D eigenvalue weighted by atomic mass is 10.0. The summed E-state index contributed by atoms with van der Waals surface area (Å²) in [5.41, 5.74) is -0.810. The number of carbonyl (C=O) groups excluding carboxylic acids is 2. The number of likely N-dealkylation sites (tertiary alicyclic amines) is 1. The average molecular weight is 382 g/mol. The first kappa shape index (κ1) is 21.2. The van der Waals surface area contributed by atoms with Crippen molar-refractivity contribution in [2.75, 3.05) is 19.8 Å². The topological polar surface area (TPSA) is 105 Å². The summed E-state index contributed by atoms with van der Waals surface area (Å²) < 4.78 is 10.6. The molecule has 2 fully saturated rings. The summed E-state index contributed by atoms with van der Waals surface area (Å²) in [5, 5.41) is 12.2. The first-order valence-corrected chi connectivity index (χ1v) is 9.11. The van der Waals surface area contributed by atoms with Crippen LogP contribution in [0.5, 0.6) is 0 Å². The Labute approximate surface area is 159 Å². The lowest BCUT2D eigenvalue weighted by Crippen LogP contribution is -2.55. The number of ether oxygens (including phenoxy) is 2. The Morgan fingerprint density at radius 1 is 1.37 bits per heavy atom. The number of hydrogen-bond donors (Lipinski definition) is 2. The molecule has 1 heterocycles. The van der Waals surface area contributed by atoms with Crippen LogP contribution in [0.2, 0.25) is 0 Å². The second-order valence-corrected chi connectivity index (χ2v) is 8.75. The van der Waals surface area contributed by atoms with Crippen LogP contribution < -0.4 is 5.32 Å². The molecule has 0 aromatic rings. The summed E-state index contributed by atoms with van der Waals surface area (Å²) in [5.74, 6) is -1.42. The van der Waals surface area contributed by atoms with Crippen LogP contribution in [0.3, 0.4) is 0 Å². The normalized spacial score (nSPS) is 26.7. The maximum Gasteiger partial charge on any atom is 0.408 e. The maximum absolute atomic E-state index is 13.0. The summed E-state index contributed by atoms with van der Waals surface area (Å²) in [6.45, 7) is 13.2. The molecule has 1 saturated carbocycles. The molecule has 0 spiro atoms. The first-order valence-electron chi connectivity index (χ1n) is 9.11. The molecule has 8 nitrogen and oxygen atoms in total. The van der Waals surface area contributed by atoms with Gasteiger partial charge in [0.15, 0.2) is 0 Å². The van der Waals surface area contributed by atoms with Crippen molar-refractivity contribution in [2.24, 2.45) is 17.3 Å². The van der Waals surface area contributed by atoms with Crippen molar-refractivity contribution in [1.82, 2.24) is 10.2 Å². The Bertz CT molecular complexity index is 624. The van der Waals surface area contributed by atoms with Gasteiger partial charge in [-0.1, -0.05) is 19.9 Å². The van der Waals surface area contributed by atoms with Gasteiger partial charge in [-0.25, -0.2) is 9.59 Å². The van der Waals surface area contributed by atoms with Gasteiger partial charge < -0.3 is 24.8 Å². The maximum atomic E-state index is 13.0. The number of carboxylic acids is 1. The van der Waals surface area contributed by atoms with Gasteiger partial charge in [0.2, 0.25) is 5.91 Å². The summed E-state index contributed by atoms with van der Waals surface area (Å²) >= 11 is 0. The van der Waals surface area contributed by atoms with Gasteiger partial charge in [0.1, 0.15) is 17.7 Å². The molecule has 2 aliphatic rings. The Morgan fingerprint density at radius 2 is 2.00 bits per heavy atom. The van der Waals surface area contributed by atoms with Gasteiger partial charge in [-0.05, 0) is 32.1 Å². The fourth-order valence-corrected chi connectivity index (χ4v) is 3.89. The molecule has 2 N–H and O–H groups in total. The Morgan fingerprint density at radius 3 is 2.52 bits per heavy atom. The Hall–Kier alpha value is -2.09. The highest BCUT2D eigenvalue weighted by atomic mass is 16.6. The summed E-state index contributed by atoms with van der Waals surface area (Å²) in [6, 6.07) is -1.91. The van der Waals surface area contributed by atoms with Crippen molar-refractivity contribution in [1.29, 1.82) is 0 Å². The highest BCUT2D eigenvalue weighted by Gasteiger charge is 2.69. The van der Waals surface area contributed by atoms with E-state index in [0.29, 0.717) is 6.54 Å². The number of fused-ring (bicyclic) bond motifs is 1. The first-order chi connectivity index (χ1) is 12.4. The fourth-order valence-electron chi connectivity index (χ4n) is 3.89. The summed E-state index contributed by atoms with van der Waals surface area (Å²) in [4.78, 5) is 38.3. The van der Waals surface area contributed by atoms with E-state index in [2.05, 4.69) is 11.9 Å². The second kappa shape index (κ2) is 7.50. The zero-order chi connectivity index (χ0) is 20.6. The van der Waals surface area contributed by atoms with E-state index >= 15 is 0 Å². The number of carbonyl (C=O) groups is 3. The van der Waals surface area contributed by atoms with E-state index in [0.717, 1.165) is 0 Å². The quantitative estimate of drug-likeness (QED) is 0.512. The van der Waals surface area contributed by atoms with E-state index in [1.807, 2.05) is 13.8 Å². The molecule has 2 amide bonds. The molecule has 4 atom stereocenters. The van der Waals surface area contributed by atoms with E-state index in [-0.39, 0.29) is 30.5 Å². The van der Waals surface area contributed by atoms with Crippen LogP contribution in [-0.4, -0.2) is 65.4 Å². The van der Waals surface area contributed by atoms with Crippen molar-refractivity contribution >= 4 is 18.0 Å². The molecule has 27 heavy (non-hydrogen) atoms. The molecule has 0 bridgehead atoms. The molecular weight excluding hydrogens is 352 g/mol. The number of nitrogens with one attached hydrogen (secondary N) is 1. The van der Waals surface area contributed by atoms with Gasteiger partial charge in [-0.3, -0.25) is 4.79 Å². The molecule has 1 saturated heterocycles. The number of carboxylic acid groups (broad SMARTS) is 1. The average Bonchev–Trinajstić information content (AvgIpc) is 2.90. The van der Waals surface area contributed by atoms with Crippen LogP contribution >= 0.6 is 0 Å². The Balaban J connectivity index is 2.12. The number of alkyl carbamates (subject to hydrolysis) is 1. The summed E-state index contributed by atoms with van der Waals surface area (Å²) in [6.07, 6.45) is 0.780. The van der Waals surface area contributed by atoms with Crippen LogP contribution in [-0.2, 0) is 19.1 Å². The van der Waals surface area contributed by atoms with Crippen molar-refractivity contribution < 1.29 is 29.0 Å². The molecule has 2 rings (SSSR count). The Kier molecular flexibility index (Phi) is 5.89. The van der Waals surface area contributed by atoms with Gasteiger partial charge in [-0.2, -0.15) is 0 Å². The van der Waals surface area contributed by atoms with Crippen molar-refractivity contribution in [2.45, 2.75) is 52.3 Å². The molecule has 1 aliphatic carbocycles. The third-order valence-corrected chi connectivity index (χ3v) is 5.25. The number of rotatable bonds is 7. The van der Waals surface area contributed by atoms with Crippen molar-refractivity contribution in [3.63, 3.8) is 0 Å². The highest BCUT2D eigenvalue weighted by molar-refractivity contribution is 5.90. The number of piperidine rings is 1. The van der Waals surface area contributed by atoms with Crippen LogP contribution in [0, 0.1) is 17.3 Å². The largest absolute Gasteiger partial charge is 0.480 e. The molecule has 8 heteroatoms. The second-order valence-electron chi connectivity index (χ2n) is 8.75. The van der Waals surface area contributed by atoms with Crippen molar-refractivity contribution in [3.8, 4) is 0 Å². The monoisotopic (exact) mass is 382 g/mol. The van der Waals surface area contributed by atoms with E-state index in [1.165, 1.54) is 11.0 Å². The van der Waals surface area contributed by atoms with E-state index < -0.39 is 35.7 Å². The molecule has 0 radical (unpaired) electrons. The SMILES string of the molecule is C=CCOC[C@H](NC(=O)OC(C)(C)C)C(=O)N1C[C@H]2[C@@H]([C@H]1C(=O)O)C2(C)C. The third-order valence-electron chi connectivity index (χ3n) is 5.25. The number of hydrogen-bond acceptors (Lipinski definition) is 5. The lowest BCUT2D eigenvalue weighted by molar-refractivity contribution is -0.151. The minimum absolute atomic E-state index is 0.0739. The predicted molar refractivity (Wildman–Crippen MR) is 98.1 cm³/mol. The predicted octanol–water partition coefficient (Wildman–Crippen LogP) is 1.65. The molecule has 0 aromatic carbocycles. The van der Waals surface area contributed by atoms with Gasteiger partial charge in [0.05, 0.1) is 13.2 Å². The van der Waals surface area contributed by atoms with Crippen LogP contribution in [0.15, 0.2) is 12.7 Å². The van der Waals surface area contributed by atoms with Crippen LogP contribution in [0.1, 0.15) is 34.6 Å². The molecular formula is C19H30N2O6. The minimum Gasteiger partial charge on any atom is -0.480 e. The van der Waals surface area contributed by atoms with Crippen molar-refractivity contribution in [3.05, 3.63) is 12.7 Å². The molecule has 152 valence electrons. The lowest BCUT2D eigenvalue weighted by Gasteiger charge is -2.31. The zero-order valence-electron chi connectivity index (χ0n) is 16.7. The zero-order valence-corrected chi connectivity index (χ0v) is 16.7. The third kappa shape index (κ3) is 4.61. The van der Waals surface area contributed by atoms with Crippen LogP contribution in [0.4, 0.5) is 4.79 Å². The standard InChI is InChI=1S/C19H30N2O6/c1-7-8-26-10-12(20-17(25)27-18(2,3)4)15(22)21-9-11-13(19(11,5)6)14(21)16(23)24/h7,11-14H,1,8-10H2,2-6H3,(H,20,25)(H,23,24)/t11-,12-,13-,14-/m0/s1. The van der Waals surface area contributed by atoms with E-state index in [9.17, 15) is 19.5 Å². The molecule has 0 aromatic heterocycles. The number of nitrogens with zero attached hydrogens (tertiary/aromatic N) is 1. The minimum atomic E-state index is -1.03. The van der Waals surface area contributed by atoms with Crippen LogP contribution in [0.25, 0.3) is 0 Å². The molecule has 0 unspecified atom stereocenters. The van der Waals surface area contributed by atoms with Gasteiger partial charge in [-0.15, -0.1) is 6.58 Å². The van der Waals surface area contributed by atoms with Gasteiger partial charge in [0, 0.05) is 12.5 Å². The fraction of sp³-hybridized carbons (Fsp3) is 0.737. The van der Waals surface area contributed by atoms with E-state index in [4.69, 9.17) is 9.47 Å². The molecule has 1 aliphatic heterocycles. The van der Waals surface area contributed by atoms with E-state index in [1.54, 1.807) is 20.8 Å². The highest BCUT2D eigenvalue weighted by Crippen LogP contribution is 2.64. The van der Waals surface area contributed by atoms with Gasteiger partial charge in [0.25, 0.3) is 0 Å². The smallest absolute Gasteiger partial charge is 0.408 e. The number of aliphatic carboxylic acids is 1. The summed E-state index contributed by atoms with van der Waals surface area (Å²) in [7, 11) is 0.